The summed E-state index contributed by atoms with van der Waals surface area (Å²) < 4.78 is 8.08. The minimum absolute atomic E-state index is 0.0122. The van der Waals surface area contributed by atoms with E-state index in [1.165, 1.54) is 7.05 Å². The molecule has 0 aliphatic carbocycles. The molecule has 3 rings (SSSR count). The van der Waals surface area contributed by atoms with Crippen molar-refractivity contribution < 1.29 is 14.3 Å². The number of nitrogens with two attached hydrogens (primary N) is 1. The summed E-state index contributed by atoms with van der Waals surface area (Å²) in [7, 11) is 1.39. The van der Waals surface area contributed by atoms with Crippen molar-refractivity contribution in [1.82, 2.24) is 18.9 Å². The second-order valence-electron chi connectivity index (χ2n) is 7.68. The number of benzene rings is 1. The number of hydrogen-bond donors (Lipinski definition) is 1. The monoisotopic (exact) mass is 467 g/mol. The molecule has 11 heteroatoms. The number of aryl methyl sites for hydroxylation is 2. The number of carbonyl (C=O) groups is 2. The Balaban J connectivity index is 1.97. The normalized spacial score (nSPS) is 10.8. The second-order valence-corrected chi connectivity index (χ2v) is 7.68. The lowest BCUT2D eigenvalue weighted by Crippen LogP contribution is -2.44. The van der Waals surface area contributed by atoms with Crippen LogP contribution < -0.4 is 22.5 Å². The third kappa shape index (κ3) is 4.45. The van der Waals surface area contributed by atoms with Crippen molar-refractivity contribution in [3.63, 3.8) is 0 Å². The van der Waals surface area contributed by atoms with E-state index in [4.69, 9.17) is 10.5 Å². The van der Waals surface area contributed by atoms with Crippen LogP contribution in [-0.4, -0.2) is 37.3 Å². The number of hydrogen-bond acceptors (Lipinski definition) is 8. The number of aromatic nitrogens is 4. The van der Waals surface area contributed by atoms with Crippen LogP contribution in [0.4, 0.5) is 5.82 Å². The highest BCUT2D eigenvalue weighted by Gasteiger charge is 2.25. The molecule has 0 atom stereocenters. The Bertz CT molecular complexity index is 1450. The van der Waals surface area contributed by atoms with E-state index in [2.05, 4.69) is 5.10 Å². The predicted molar refractivity (Wildman–Crippen MR) is 124 cm³/mol. The molecule has 1 aromatic carbocycles. The quantitative estimate of drug-likeness (QED) is 0.388. The molecule has 0 aliphatic heterocycles. The Hall–Kier alpha value is -4.28. The second kappa shape index (κ2) is 9.69. The molecule has 2 heterocycles. The van der Waals surface area contributed by atoms with Crippen LogP contribution in [0.1, 0.15) is 44.5 Å². The topological polar surface area (TPSA) is 148 Å². The van der Waals surface area contributed by atoms with E-state index in [1.807, 2.05) is 6.07 Å². The molecule has 0 amide bonds. The van der Waals surface area contributed by atoms with Crippen LogP contribution in [0.5, 0.6) is 0 Å². The van der Waals surface area contributed by atoms with E-state index in [0.29, 0.717) is 11.3 Å². The van der Waals surface area contributed by atoms with Gasteiger partial charge in [-0.2, -0.15) is 5.10 Å². The molecule has 0 bridgehead atoms. The fourth-order valence-electron chi connectivity index (χ4n) is 3.54. The van der Waals surface area contributed by atoms with Crippen molar-refractivity contribution in [2.45, 2.75) is 33.9 Å². The van der Waals surface area contributed by atoms with E-state index in [-0.39, 0.29) is 24.5 Å². The minimum atomic E-state index is -1.02. The Morgan fingerprint density at radius 2 is 1.65 bits per heavy atom. The van der Waals surface area contributed by atoms with Gasteiger partial charge >= 0.3 is 11.7 Å². The lowest BCUT2D eigenvalue weighted by atomic mass is 10.1. The Morgan fingerprint density at radius 1 is 1.00 bits per heavy atom. The highest BCUT2D eigenvalue weighted by molar-refractivity contribution is 6.02. The molecule has 3 aromatic rings. The molecular formula is C23H25N5O6. The maximum atomic E-state index is 12.9. The number of ether oxygens (including phenoxy) is 1. The summed E-state index contributed by atoms with van der Waals surface area (Å²) in [5, 5.41) is 3.99. The summed E-state index contributed by atoms with van der Waals surface area (Å²) in [6, 6.07) is 8.92. The molecule has 0 aliphatic rings. The van der Waals surface area contributed by atoms with Crippen molar-refractivity contribution in [3.8, 4) is 0 Å². The summed E-state index contributed by atoms with van der Waals surface area (Å²) >= 11 is 0. The Labute approximate surface area is 194 Å². The average molecular weight is 467 g/mol. The molecule has 0 radical (unpaired) electrons. The largest absolute Gasteiger partial charge is 0.454 e. The van der Waals surface area contributed by atoms with Gasteiger partial charge in [0.15, 0.2) is 6.61 Å². The van der Waals surface area contributed by atoms with Gasteiger partial charge in [-0.1, -0.05) is 30.3 Å². The first kappa shape index (κ1) is 24.4. The van der Waals surface area contributed by atoms with Gasteiger partial charge in [0.1, 0.15) is 16.9 Å². The fourth-order valence-corrected chi connectivity index (χ4v) is 3.54. The number of anilines is 1. The molecule has 0 unspecified atom stereocenters. The Morgan fingerprint density at radius 3 is 2.26 bits per heavy atom. The number of Topliss-reactive ketones (excluding diaryl/α,β-unsaturated/α-hetero) is 1. The highest BCUT2D eigenvalue weighted by Crippen LogP contribution is 2.11. The van der Waals surface area contributed by atoms with Gasteiger partial charge in [-0.25, -0.2) is 14.3 Å². The summed E-state index contributed by atoms with van der Waals surface area (Å²) in [5.74, 6) is -2.24. The van der Waals surface area contributed by atoms with Crippen LogP contribution in [-0.2, 0) is 24.9 Å². The van der Waals surface area contributed by atoms with E-state index < -0.39 is 40.7 Å². The highest BCUT2D eigenvalue weighted by atomic mass is 16.5. The first-order chi connectivity index (χ1) is 16.1. The summed E-state index contributed by atoms with van der Waals surface area (Å²) in [6.45, 7) is 3.97. The first-order valence-corrected chi connectivity index (χ1v) is 10.5. The van der Waals surface area contributed by atoms with Gasteiger partial charge in [-0.3, -0.25) is 23.5 Å². The first-order valence-electron chi connectivity index (χ1n) is 10.5. The van der Waals surface area contributed by atoms with Crippen LogP contribution in [0, 0.1) is 13.8 Å². The summed E-state index contributed by atoms with van der Waals surface area (Å²) in [5.41, 5.74) is 4.68. The van der Waals surface area contributed by atoms with Crippen LogP contribution in [0.15, 0.2) is 44.7 Å². The van der Waals surface area contributed by atoms with Crippen molar-refractivity contribution in [2.75, 3.05) is 12.3 Å². The summed E-state index contributed by atoms with van der Waals surface area (Å²) in [4.78, 5) is 63.5. The Kier molecular flexibility index (Phi) is 6.94. The third-order valence-corrected chi connectivity index (χ3v) is 5.51. The van der Waals surface area contributed by atoms with Gasteiger partial charge in [-0.15, -0.1) is 0 Å². The maximum Gasteiger partial charge on any atom is 0.344 e. The number of ketones is 1. The molecular weight excluding hydrogens is 442 g/mol. The van der Waals surface area contributed by atoms with Crippen molar-refractivity contribution >= 4 is 17.6 Å². The number of rotatable bonds is 7. The lowest BCUT2D eigenvalue weighted by Gasteiger charge is -2.16. The van der Waals surface area contributed by atoms with Gasteiger partial charge in [-0.05, 0) is 31.9 Å². The number of nitrogens with zero attached hydrogens (tertiary/aromatic N) is 4. The van der Waals surface area contributed by atoms with Crippen LogP contribution >= 0.6 is 0 Å². The van der Waals surface area contributed by atoms with Crippen molar-refractivity contribution in [1.29, 1.82) is 0 Å². The predicted octanol–water partition coefficient (Wildman–Crippen LogP) is 0.411. The zero-order valence-corrected chi connectivity index (χ0v) is 19.3. The molecule has 34 heavy (non-hydrogen) atoms. The minimum Gasteiger partial charge on any atom is -0.454 e. The van der Waals surface area contributed by atoms with Crippen LogP contribution in [0.3, 0.4) is 0 Å². The third-order valence-electron chi connectivity index (χ3n) is 5.51. The zero-order chi connectivity index (χ0) is 25.2. The van der Waals surface area contributed by atoms with Crippen molar-refractivity contribution in [3.05, 3.63) is 89.5 Å². The SMILES string of the molecule is CCn1c(=O)c(C(=O)COC(=O)c2c(C)c(C)nn(C)c2=O)c(N)n(Cc2ccccc2)c1=O. The number of esters is 1. The molecule has 2 N–H and O–H groups in total. The van der Waals surface area contributed by atoms with Crippen LogP contribution in [0.2, 0.25) is 0 Å². The van der Waals surface area contributed by atoms with Gasteiger partial charge in [0.2, 0.25) is 5.78 Å². The van der Waals surface area contributed by atoms with Crippen LogP contribution in [0.25, 0.3) is 0 Å². The van der Waals surface area contributed by atoms with Gasteiger partial charge in [0, 0.05) is 13.6 Å². The van der Waals surface area contributed by atoms with Gasteiger partial charge in [0.25, 0.3) is 11.1 Å². The molecule has 11 nitrogen and oxygen atoms in total. The number of carbonyl (C=O) groups excluding carboxylic acids is 2. The molecule has 2 aromatic heterocycles. The fraction of sp³-hybridized carbons (Fsp3) is 0.304. The van der Waals surface area contributed by atoms with Gasteiger partial charge in [0.05, 0.1) is 12.2 Å². The van der Waals surface area contributed by atoms with E-state index in [9.17, 15) is 24.0 Å². The lowest BCUT2D eigenvalue weighted by molar-refractivity contribution is 0.0470. The zero-order valence-electron chi connectivity index (χ0n) is 19.3. The van der Waals surface area contributed by atoms with Gasteiger partial charge < -0.3 is 10.5 Å². The molecule has 178 valence electrons. The molecule has 0 saturated carbocycles. The van der Waals surface area contributed by atoms with E-state index >= 15 is 0 Å². The van der Waals surface area contributed by atoms with E-state index in [1.54, 1.807) is 45.0 Å². The smallest absolute Gasteiger partial charge is 0.344 e. The standard InChI is InChI=1S/C23H25N5O6/c1-5-27-21(31)18(19(24)28(23(27)33)11-15-9-7-6-8-10-15)16(29)12-34-22(32)17-13(2)14(3)25-26(4)20(17)30/h6-10H,5,11-12,24H2,1-4H3. The average Bonchev–Trinajstić information content (AvgIpc) is 2.80. The molecule has 0 fully saturated rings. The number of nitrogen functional groups attached to an aromatic ring is 1. The summed E-state index contributed by atoms with van der Waals surface area (Å²) in [6.07, 6.45) is 0. The van der Waals surface area contributed by atoms with Crippen molar-refractivity contribution in [2.24, 2.45) is 7.05 Å². The molecule has 0 saturated heterocycles. The van der Waals surface area contributed by atoms with E-state index in [0.717, 1.165) is 19.4 Å². The maximum absolute atomic E-state index is 12.9. The molecule has 0 spiro atoms.